The first-order valence-electron chi connectivity index (χ1n) is 8.45. The molecular weight excluding hydrogens is 322 g/mol. The summed E-state index contributed by atoms with van der Waals surface area (Å²) in [5.41, 5.74) is 0.602. The highest BCUT2D eigenvalue weighted by atomic mass is 35.5. The van der Waals surface area contributed by atoms with Crippen LogP contribution in [0.4, 0.5) is 0 Å². The molecule has 0 radical (unpaired) electrons. The van der Waals surface area contributed by atoms with Gasteiger partial charge in [0.2, 0.25) is 0 Å². The molecule has 3 nitrogen and oxygen atoms in total. The van der Waals surface area contributed by atoms with E-state index in [-0.39, 0.29) is 5.91 Å². The Hall–Kier alpha value is -2.00. The van der Waals surface area contributed by atoms with Crippen molar-refractivity contribution in [2.45, 2.75) is 19.3 Å². The Morgan fingerprint density at radius 1 is 1.04 bits per heavy atom. The van der Waals surface area contributed by atoms with Gasteiger partial charge in [-0.3, -0.25) is 4.79 Å². The van der Waals surface area contributed by atoms with Crippen molar-refractivity contribution in [3.8, 4) is 5.75 Å². The van der Waals surface area contributed by atoms with Gasteiger partial charge in [-0.25, -0.2) is 0 Å². The van der Waals surface area contributed by atoms with Gasteiger partial charge in [0.1, 0.15) is 5.75 Å². The van der Waals surface area contributed by atoms with E-state index in [1.54, 1.807) is 12.1 Å². The van der Waals surface area contributed by atoms with Crippen LogP contribution >= 0.6 is 11.6 Å². The van der Waals surface area contributed by atoms with Gasteiger partial charge in [-0.2, -0.15) is 0 Å². The number of benzene rings is 2. The Labute approximate surface area is 148 Å². The summed E-state index contributed by atoms with van der Waals surface area (Å²) >= 11 is 6.13. The van der Waals surface area contributed by atoms with Gasteiger partial charge in [0.15, 0.2) is 0 Å². The molecule has 1 fully saturated rings. The normalized spacial score (nSPS) is 15.3. The van der Waals surface area contributed by atoms with Crippen molar-refractivity contribution in [1.82, 2.24) is 4.90 Å². The summed E-state index contributed by atoms with van der Waals surface area (Å²) in [7, 11) is 0. The lowest BCUT2D eigenvalue weighted by Crippen LogP contribution is -2.38. The largest absolute Gasteiger partial charge is 0.494 e. The molecule has 126 valence electrons. The van der Waals surface area contributed by atoms with E-state index in [9.17, 15) is 4.79 Å². The van der Waals surface area contributed by atoms with Gasteiger partial charge in [-0.15, -0.1) is 0 Å². The number of likely N-dealkylation sites (tertiary alicyclic amines) is 1. The van der Waals surface area contributed by atoms with Gasteiger partial charge in [0.05, 0.1) is 17.2 Å². The predicted molar refractivity (Wildman–Crippen MR) is 96.6 cm³/mol. The number of rotatable bonds is 5. The zero-order chi connectivity index (χ0) is 16.8. The fraction of sp³-hybridized carbons (Fsp3) is 0.350. The zero-order valence-corrected chi connectivity index (χ0v) is 14.4. The van der Waals surface area contributed by atoms with Crippen molar-refractivity contribution in [3.63, 3.8) is 0 Å². The van der Waals surface area contributed by atoms with E-state index in [0.29, 0.717) is 16.5 Å². The molecule has 3 rings (SSSR count). The lowest BCUT2D eigenvalue weighted by molar-refractivity contribution is 0.0680. The number of carbonyl (C=O) groups excluding carboxylic acids is 1. The Bertz CT molecular complexity index is 666. The predicted octanol–water partition coefficient (Wildman–Crippen LogP) is 4.66. The molecule has 0 atom stereocenters. The molecule has 0 aliphatic carbocycles. The van der Waals surface area contributed by atoms with E-state index in [0.717, 1.165) is 44.7 Å². The smallest absolute Gasteiger partial charge is 0.255 e. The molecule has 0 unspecified atom stereocenters. The van der Waals surface area contributed by atoms with Crippen LogP contribution in [0.5, 0.6) is 5.75 Å². The molecule has 2 aromatic carbocycles. The molecule has 0 N–H and O–H groups in total. The summed E-state index contributed by atoms with van der Waals surface area (Å²) in [5.74, 6) is 1.58. The summed E-state index contributed by atoms with van der Waals surface area (Å²) in [5, 5.41) is 0.529. The number of ether oxygens (including phenoxy) is 1. The van der Waals surface area contributed by atoms with Crippen LogP contribution in [0.1, 0.15) is 29.6 Å². The summed E-state index contributed by atoms with van der Waals surface area (Å²) in [6.07, 6.45) is 3.08. The van der Waals surface area contributed by atoms with Crippen LogP contribution < -0.4 is 4.74 Å². The highest BCUT2D eigenvalue weighted by Crippen LogP contribution is 2.24. The maximum Gasteiger partial charge on any atom is 0.255 e. The third-order valence-electron chi connectivity index (χ3n) is 4.54. The molecule has 1 aliphatic rings. The fourth-order valence-electron chi connectivity index (χ4n) is 3.09. The lowest BCUT2D eigenvalue weighted by atomic mass is 9.93. The van der Waals surface area contributed by atoms with E-state index in [1.807, 2.05) is 47.4 Å². The standard InChI is InChI=1S/C20H22ClNO2/c21-19-9-5-4-8-18(19)20(23)22-13-10-16(11-14-22)12-15-24-17-6-2-1-3-7-17/h1-9,16H,10-15H2. The monoisotopic (exact) mass is 343 g/mol. The van der Waals surface area contributed by atoms with E-state index < -0.39 is 0 Å². The van der Waals surface area contributed by atoms with Crippen molar-refractivity contribution in [3.05, 3.63) is 65.2 Å². The quantitative estimate of drug-likeness (QED) is 0.790. The number of amides is 1. The number of halogens is 1. The van der Waals surface area contributed by atoms with Gasteiger partial charge in [0.25, 0.3) is 5.91 Å². The molecule has 1 aliphatic heterocycles. The zero-order valence-electron chi connectivity index (χ0n) is 13.7. The highest BCUT2D eigenvalue weighted by Gasteiger charge is 2.24. The van der Waals surface area contributed by atoms with Crippen LogP contribution in [-0.2, 0) is 0 Å². The van der Waals surface area contributed by atoms with Crippen LogP contribution in [0.3, 0.4) is 0 Å². The maximum atomic E-state index is 12.5. The van der Waals surface area contributed by atoms with Gasteiger partial charge in [-0.05, 0) is 49.4 Å². The second kappa shape index (κ2) is 8.20. The van der Waals surface area contributed by atoms with Crippen molar-refractivity contribution >= 4 is 17.5 Å². The van der Waals surface area contributed by atoms with Crippen molar-refractivity contribution in [2.24, 2.45) is 5.92 Å². The molecule has 2 aromatic rings. The second-order valence-corrected chi connectivity index (χ2v) is 6.57. The number of hydrogen-bond donors (Lipinski definition) is 0. The average molecular weight is 344 g/mol. The minimum Gasteiger partial charge on any atom is -0.494 e. The summed E-state index contributed by atoms with van der Waals surface area (Å²) in [6, 6.07) is 17.2. The van der Waals surface area contributed by atoms with Crippen LogP contribution in [-0.4, -0.2) is 30.5 Å². The second-order valence-electron chi connectivity index (χ2n) is 6.17. The van der Waals surface area contributed by atoms with Crippen LogP contribution in [0.25, 0.3) is 0 Å². The first-order chi connectivity index (χ1) is 11.7. The third-order valence-corrected chi connectivity index (χ3v) is 4.87. The topological polar surface area (TPSA) is 29.5 Å². The van der Waals surface area contributed by atoms with E-state index >= 15 is 0 Å². The van der Waals surface area contributed by atoms with Gasteiger partial charge >= 0.3 is 0 Å². The molecule has 0 bridgehead atoms. The number of para-hydroxylation sites is 1. The molecule has 1 heterocycles. The van der Waals surface area contributed by atoms with Gasteiger partial charge in [-0.1, -0.05) is 41.9 Å². The summed E-state index contributed by atoms with van der Waals surface area (Å²) < 4.78 is 5.77. The molecule has 1 saturated heterocycles. The highest BCUT2D eigenvalue weighted by molar-refractivity contribution is 6.33. The number of carbonyl (C=O) groups is 1. The fourth-order valence-corrected chi connectivity index (χ4v) is 3.31. The van der Waals surface area contributed by atoms with Gasteiger partial charge in [0, 0.05) is 13.1 Å². The number of piperidine rings is 1. The Morgan fingerprint density at radius 3 is 2.42 bits per heavy atom. The van der Waals surface area contributed by atoms with E-state index in [1.165, 1.54) is 0 Å². The SMILES string of the molecule is O=C(c1ccccc1Cl)N1CCC(CCOc2ccccc2)CC1. The van der Waals surface area contributed by atoms with E-state index in [4.69, 9.17) is 16.3 Å². The van der Waals surface area contributed by atoms with Crippen molar-refractivity contribution in [1.29, 1.82) is 0 Å². The molecule has 0 aromatic heterocycles. The molecule has 1 amide bonds. The molecule has 0 spiro atoms. The molecule has 4 heteroatoms. The third kappa shape index (κ3) is 4.30. The van der Waals surface area contributed by atoms with Crippen LogP contribution in [0.2, 0.25) is 5.02 Å². The van der Waals surface area contributed by atoms with Gasteiger partial charge < -0.3 is 9.64 Å². The van der Waals surface area contributed by atoms with Crippen LogP contribution in [0, 0.1) is 5.92 Å². The Balaban J connectivity index is 1.44. The first kappa shape index (κ1) is 16.8. The first-order valence-corrected chi connectivity index (χ1v) is 8.83. The minimum atomic E-state index is 0.0413. The number of hydrogen-bond acceptors (Lipinski definition) is 2. The minimum absolute atomic E-state index is 0.0413. The Morgan fingerprint density at radius 2 is 1.71 bits per heavy atom. The van der Waals surface area contributed by atoms with Crippen molar-refractivity contribution in [2.75, 3.05) is 19.7 Å². The van der Waals surface area contributed by atoms with Crippen molar-refractivity contribution < 1.29 is 9.53 Å². The van der Waals surface area contributed by atoms with Crippen LogP contribution in [0.15, 0.2) is 54.6 Å². The lowest BCUT2D eigenvalue weighted by Gasteiger charge is -2.32. The molecule has 0 saturated carbocycles. The summed E-state index contributed by atoms with van der Waals surface area (Å²) in [4.78, 5) is 14.5. The Kier molecular flexibility index (Phi) is 5.76. The molecular formula is C20H22ClNO2. The summed E-state index contributed by atoms with van der Waals surface area (Å²) in [6.45, 7) is 2.31. The average Bonchev–Trinajstić information content (AvgIpc) is 2.63. The maximum absolute atomic E-state index is 12.5. The number of nitrogens with zero attached hydrogens (tertiary/aromatic N) is 1. The molecule has 24 heavy (non-hydrogen) atoms. The van der Waals surface area contributed by atoms with E-state index in [2.05, 4.69) is 0 Å².